The molecule has 0 aromatic carbocycles. The molecule has 0 saturated carbocycles. The van der Waals surface area contributed by atoms with Crippen molar-refractivity contribution in [1.29, 1.82) is 0 Å². The van der Waals surface area contributed by atoms with Crippen LogP contribution in [-0.4, -0.2) is 23.2 Å². The number of epoxide rings is 1. The highest BCUT2D eigenvalue weighted by Gasteiger charge is 2.53. The van der Waals surface area contributed by atoms with Crippen molar-refractivity contribution in [2.24, 2.45) is 0 Å². The molecule has 1 saturated heterocycles. The van der Waals surface area contributed by atoms with Gasteiger partial charge in [0, 0.05) is 5.54 Å². The van der Waals surface area contributed by atoms with Crippen LogP contribution in [0.2, 0.25) is 0 Å². The van der Waals surface area contributed by atoms with Gasteiger partial charge in [0.1, 0.15) is 0 Å². The molecule has 12 heavy (non-hydrogen) atoms. The molecule has 0 aliphatic carbocycles. The van der Waals surface area contributed by atoms with E-state index in [2.05, 4.69) is 5.32 Å². The van der Waals surface area contributed by atoms with E-state index in [4.69, 9.17) is 4.74 Å². The van der Waals surface area contributed by atoms with Crippen molar-refractivity contribution in [2.75, 3.05) is 0 Å². The number of hydrogen-bond acceptors (Lipinski definition) is 2. The molecule has 1 aliphatic heterocycles. The number of carbonyl (C=O) groups is 1. The highest BCUT2D eigenvalue weighted by molar-refractivity contribution is 5.85. The average molecular weight is 171 g/mol. The number of amides is 1. The monoisotopic (exact) mass is 171 g/mol. The Kier molecular flexibility index (Phi) is 1.95. The van der Waals surface area contributed by atoms with Crippen LogP contribution in [0.4, 0.5) is 0 Å². The van der Waals surface area contributed by atoms with Gasteiger partial charge in [0.2, 0.25) is 0 Å². The highest BCUT2D eigenvalue weighted by atomic mass is 16.6. The molecule has 1 amide bonds. The Balaban J connectivity index is 2.42. The molecule has 1 fully saturated rings. The number of hydrogen-bond donors (Lipinski definition) is 1. The summed E-state index contributed by atoms with van der Waals surface area (Å²) in [6.45, 7) is 9.71. The summed E-state index contributed by atoms with van der Waals surface area (Å²) >= 11 is 0. The molecule has 1 atom stereocenters. The second-order valence-electron chi connectivity index (χ2n) is 4.84. The zero-order chi connectivity index (χ0) is 9.57. The lowest BCUT2D eigenvalue weighted by molar-refractivity contribution is -0.123. The second kappa shape index (κ2) is 2.46. The van der Waals surface area contributed by atoms with Gasteiger partial charge in [0.15, 0.2) is 6.10 Å². The fourth-order valence-corrected chi connectivity index (χ4v) is 1.07. The normalized spacial score (nSPS) is 26.6. The van der Waals surface area contributed by atoms with E-state index in [-0.39, 0.29) is 23.2 Å². The molecule has 3 heteroatoms. The molecule has 0 aromatic heterocycles. The molecule has 70 valence electrons. The summed E-state index contributed by atoms with van der Waals surface area (Å²) in [4.78, 5) is 11.4. The van der Waals surface area contributed by atoms with Gasteiger partial charge in [-0.05, 0) is 34.6 Å². The van der Waals surface area contributed by atoms with Crippen LogP contribution in [0.25, 0.3) is 0 Å². The van der Waals surface area contributed by atoms with Crippen LogP contribution in [0, 0.1) is 0 Å². The van der Waals surface area contributed by atoms with Gasteiger partial charge >= 0.3 is 0 Å². The van der Waals surface area contributed by atoms with E-state index in [0.717, 1.165) is 0 Å². The van der Waals surface area contributed by atoms with Gasteiger partial charge in [0.05, 0.1) is 5.60 Å². The van der Waals surface area contributed by atoms with Gasteiger partial charge in [-0.15, -0.1) is 0 Å². The van der Waals surface area contributed by atoms with Gasteiger partial charge in [-0.1, -0.05) is 0 Å². The topological polar surface area (TPSA) is 41.6 Å². The molecular weight excluding hydrogens is 154 g/mol. The largest absolute Gasteiger partial charge is 0.356 e. The van der Waals surface area contributed by atoms with E-state index in [1.54, 1.807) is 0 Å². The summed E-state index contributed by atoms with van der Waals surface area (Å²) in [6, 6.07) is 0. The zero-order valence-electron chi connectivity index (χ0n) is 8.39. The van der Waals surface area contributed by atoms with Gasteiger partial charge in [-0.25, -0.2) is 0 Å². The number of nitrogens with one attached hydrogen (secondary N) is 1. The molecule has 1 unspecified atom stereocenters. The number of rotatable bonds is 1. The Morgan fingerprint density at radius 2 is 1.83 bits per heavy atom. The summed E-state index contributed by atoms with van der Waals surface area (Å²) in [6.07, 6.45) is -0.253. The Bertz CT molecular complexity index is 203. The molecule has 0 radical (unpaired) electrons. The van der Waals surface area contributed by atoms with E-state index in [0.29, 0.717) is 0 Å². The number of ether oxygens (including phenoxy) is 1. The minimum absolute atomic E-state index is 0.00694. The summed E-state index contributed by atoms with van der Waals surface area (Å²) in [5.41, 5.74) is -0.422. The van der Waals surface area contributed by atoms with E-state index in [9.17, 15) is 4.79 Å². The van der Waals surface area contributed by atoms with E-state index in [1.807, 2.05) is 34.6 Å². The van der Waals surface area contributed by atoms with Crippen LogP contribution in [-0.2, 0) is 9.53 Å². The Labute approximate surface area is 73.5 Å². The third kappa shape index (κ3) is 2.21. The van der Waals surface area contributed by atoms with E-state index >= 15 is 0 Å². The van der Waals surface area contributed by atoms with Crippen molar-refractivity contribution in [2.45, 2.75) is 51.9 Å². The lowest BCUT2D eigenvalue weighted by Crippen LogP contribution is -2.43. The van der Waals surface area contributed by atoms with Gasteiger partial charge in [0.25, 0.3) is 5.91 Å². The third-order valence-electron chi connectivity index (χ3n) is 1.73. The smallest absolute Gasteiger partial charge is 0.252 e. The standard InChI is InChI=1S/C9H17NO2/c1-8(2,3)10-7(11)6-9(4,5)12-6/h6H,1-5H3,(H,10,11). The van der Waals surface area contributed by atoms with Crippen molar-refractivity contribution < 1.29 is 9.53 Å². The summed E-state index contributed by atoms with van der Waals surface area (Å²) in [5.74, 6) is -0.00694. The lowest BCUT2D eigenvalue weighted by Gasteiger charge is -2.19. The maximum absolute atomic E-state index is 11.4. The molecule has 1 aliphatic rings. The molecule has 1 heterocycles. The first-order valence-electron chi connectivity index (χ1n) is 4.22. The van der Waals surface area contributed by atoms with Crippen LogP contribution >= 0.6 is 0 Å². The van der Waals surface area contributed by atoms with Crippen LogP contribution in [0.1, 0.15) is 34.6 Å². The van der Waals surface area contributed by atoms with Crippen molar-refractivity contribution in [3.63, 3.8) is 0 Å². The van der Waals surface area contributed by atoms with Gasteiger partial charge < -0.3 is 10.1 Å². The minimum Gasteiger partial charge on any atom is -0.356 e. The Morgan fingerprint density at radius 3 is 2.08 bits per heavy atom. The molecule has 0 aromatic rings. The minimum atomic E-state index is -0.255. The molecule has 0 spiro atoms. The average Bonchev–Trinajstić information content (AvgIpc) is 2.35. The fraction of sp³-hybridized carbons (Fsp3) is 0.889. The third-order valence-corrected chi connectivity index (χ3v) is 1.73. The van der Waals surface area contributed by atoms with Crippen LogP contribution in [0.15, 0.2) is 0 Å². The summed E-state index contributed by atoms with van der Waals surface area (Å²) in [5, 5.41) is 2.87. The van der Waals surface area contributed by atoms with Crippen molar-refractivity contribution in [3.05, 3.63) is 0 Å². The van der Waals surface area contributed by atoms with E-state index in [1.165, 1.54) is 0 Å². The first-order valence-corrected chi connectivity index (χ1v) is 4.22. The summed E-state index contributed by atoms with van der Waals surface area (Å²) < 4.78 is 5.20. The predicted molar refractivity (Wildman–Crippen MR) is 46.8 cm³/mol. The van der Waals surface area contributed by atoms with Gasteiger partial charge in [-0.2, -0.15) is 0 Å². The van der Waals surface area contributed by atoms with Crippen LogP contribution in [0.3, 0.4) is 0 Å². The molecule has 3 nitrogen and oxygen atoms in total. The molecule has 0 bridgehead atoms. The summed E-state index contributed by atoms with van der Waals surface area (Å²) in [7, 11) is 0. The predicted octanol–water partition coefficient (Wildman–Crippen LogP) is 1.08. The van der Waals surface area contributed by atoms with Crippen LogP contribution < -0.4 is 5.32 Å². The van der Waals surface area contributed by atoms with E-state index < -0.39 is 0 Å². The Morgan fingerprint density at radius 1 is 1.42 bits per heavy atom. The molecule has 1 rings (SSSR count). The van der Waals surface area contributed by atoms with Crippen LogP contribution in [0.5, 0.6) is 0 Å². The lowest BCUT2D eigenvalue weighted by atomic mass is 10.1. The van der Waals surface area contributed by atoms with Crippen molar-refractivity contribution >= 4 is 5.91 Å². The SMILES string of the molecule is CC(C)(C)NC(=O)C1OC1(C)C. The zero-order valence-corrected chi connectivity index (χ0v) is 8.39. The number of carbonyl (C=O) groups excluding carboxylic acids is 1. The maximum atomic E-state index is 11.4. The molecular formula is C9H17NO2. The fourth-order valence-electron chi connectivity index (χ4n) is 1.07. The van der Waals surface area contributed by atoms with Crippen molar-refractivity contribution in [3.8, 4) is 0 Å². The van der Waals surface area contributed by atoms with Gasteiger partial charge in [-0.3, -0.25) is 4.79 Å². The van der Waals surface area contributed by atoms with Crippen molar-refractivity contribution in [1.82, 2.24) is 5.32 Å². The highest BCUT2D eigenvalue weighted by Crippen LogP contribution is 2.35. The Hall–Kier alpha value is -0.570. The maximum Gasteiger partial charge on any atom is 0.252 e. The first-order chi connectivity index (χ1) is 5.22. The molecule has 1 N–H and O–H groups in total. The first kappa shape index (κ1) is 9.52. The quantitative estimate of drug-likeness (QED) is 0.600. The second-order valence-corrected chi connectivity index (χ2v) is 4.84.